The van der Waals surface area contributed by atoms with E-state index in [1.807, 2.05) is 50.8 Å². The maximum Gasteiger partial charge on any atom is 0.0489 e. The Morgan fingerprint density at radius 1 is 1.12 bits per heavy atom. The summed E-state index contributed by atoms with van der Waals surface area (Å²) in [7, 11) is 0. The SMILES string of the molecule is CC.CC.CCCNCCCn1cccn1. The van der Waals surface area contributed by atoms with Crippen LogP contribution in [0.25, 0.3) is 0 Å². The molecule has 0 amide bonds. The largest absolute Gasteiger partial charge is 0.317 e. The van der Waals surface area contributed by atoms with Crippen LogP contribution in [-0.4, -0.2) is 22.9 Å². The quantitative estimate of drug-likeness (QED) is 0.756. The maximum absolute atomic E-state index is 4.12. The van der Waals surface area contributed by atoms with Crippen molar-refractivity contribution < 1.29 is 0 Å². The highest BCUT2D eigenvalue weighted by molar-refractivity contribution is 4.77. The third-order valence-corrected chi connectivity index (χ3v) is 1.73. The average molecular weight is 227 g/mol. The van der Waals surface area contributed by atoms with Crippen LogP contribution >= 0.6 is 0 Å². The second-order valence-electron chi connectivity index (χ2n) is 2.87. The highest BCUT2D eigenvalue weighted by Crippen LogP contribution is 1.87. The smallest absolute Gasteiger partial charge is 0.0489 e. The van der Waals surface area contributed by atoms with Gasteiger partial charge in [0.1, 0.15) is 0 Å². The summed E-state index contributed by atoms with van der Waals surface area (Å²) in [6.45, 7) is 13.4. The molecule has 0 saturated heterocycles. The van der Waals surface area contributed by atoms with E-state index >= 15 is 0 Å². The van der Waals surface area contributed by atoms with E-state index in [9.17, 15) is 0 Å². The Hall–Kier alpha value is -0.830. The molecule has 0 atom stereocenters. The van der Waals surface area contributed by atoms with Gasteiger partial charge in [-0.2, -0.15) is 5.10 Å². The van der Waals surface area contributed by atoms with Crippen LogP contribution in [0.2, 0.25) is 0 Å². The van der Waals surface area contributed by atoms with Crippen LogP contribution in [0.4, 0.5) is 0 Å². The first-order chi connectivity index (χ1) is 7.93. The molecule has 0 radical (unpaired) electrons. The van der Waals surface area contributed by atoms with Crippen molar-refractivity contribution in [2.75, 3.05) is 13.1 Å². The van der Waals surface area contributed by atoms with Crippen molar-refractivity contribution in [1.29, 1.82) is 0 Å². The minimum atomic E-state index is 1.02. The zero-order valence-electron chi connectivity index (χ0n) is 11.7. The summed E-state index contributed by atoms with van der Waals surface area (Å²) < 4.78 is 1.97. The van der Waals surface area contributed by atoms with Crippen LogP contribution in [-0.2, 0) is 6.54 Å². The highest BCUT2D eigenvalue weighted by atomic mass is 15.3. The molecule has 1 rings (SSSR count). The molecular weight excluding hydrogens is 198 g/mol. The number of nitrogens with zero attached hydrogens (tertiary/aromatic N) is 2. The molecule has 0 aliphatic carbocycles. The molecule has 0 aliphatic rings. The number of hydrogen-bond donors (Lipinski definition) is 1. The fourth-order valence-electron chi connectivity index (χ4n) is 1.10. The van der Waals surface area contributed by atoms with Gasteiger partial charge in [-0.1, -0.05) is 34.6 Å². The fourth-order valence-corrected chi connectivity index (χ4v) is 1.10. The Morgan fingerprint density at radius 3 is 2.31 bits per heavy atom. The van der Waals surface area contributed by atoms with Crippen LogP contribution in [0.1, 0.15) is 47.5 Å². The highest BCUT2D eigenvalue weighted by Gasteiger charge is 1.89. The van der Waals surface area contributed by atoms with Crippen LogP contribution in [0.3, 0.4) is 0 Å². The standard InChI is InChI=1S/C9H17N3.2C2H6/c1-2-5-10-6-3-8-12-9-4-7-11-12;2*1-2/h4,7,9-10H,2-3,5-6,8H2,1H3;2*1-2H3. The lowest BCUT2D eigenvalue weighted by Gasteiger charge is -2.02. The van der Waals surface area contributed by atoms with Gasteiger partial charge in [-0.25, -0.2) is 0 Å². The Bertz CT molecular complexity index is 183. The van der Waals surface area contributed by atoms with Crippen LogP contribution in [0, 0.1) is 0 Å². The minimum absolute atomic E-state index is 1.02. The molecule has 3 nitrogen and oxygen atoms in total. The van der Waals surface area contributed by atoms with Gasteiger partial charge in [0.2, 0.25) is 0 Å². The van der Waals surface area contributed by atoms with Crippen molar-refractivity contribution in [3.8, 4) is 0 Å². The second kappa shape index (κ2) is 16.6. The summed E-state index contributed by atoms with van der Waals surface area (Å²) in [6.07, 6.45) is 6.18. The number of rotatable bonds is 6. The summed E-state index contributed by atoms with van der Waals surface area (Å²) in [5.74, 6) is 0. The minimum Gasteiger partial charge on any atom is -0.317 e. The second-order valence-corrected chi connectivity index (χ2v) is 2.87. The predicted molar refractivity (Wildman–Crippen MR) is 72.7 cm³/mol. The third-order valence-electron chi connectivity index (χ3n) is 1.73. The van der Waals surface area contributed by atoms with Gasteiger partial charge in [0.15, 0.2) is 0 Å². The number of aromatic nitrogens is 2. The van der Waals surface area contributed by atoms with Crippen molar-refractivity contribution >= 4 is 0 Å². The normalized spacial score (nSPS) is 8.56. The maximum atomic E-state index is 4.12. The molecule has 16 heavy (non-hydrogen) atoms. The molecule has 1 heterocycles. The molecule has 0 fully saturated rings. The zero-order valence-corrected chi connectivity index (χ0v) is 11.7. The number of aryl methyl sites for hydroxylation is 1. The van der Waals surface area contributed by atoms with Crippen molar-refractivity contribution in [2.24, 2.45) is 0 Å². The molecule has 0 spiro atoms. The Kier molecular flexibility index (Phi) is 18.2. The predicted octanol–water partition coefficient (Wildman–Crippen LogP) is 3.33. The Labute approximate surface area is 101 Å². The zero-order chi connectivity index (χ0) is 12.6. The lowest BCUT2D eigenvalue weighted by Crippen LogP contribution is -2.17. The summed E-state index contributed by atoms with van der Waals surface area (Å²) in [5.41, 5.74) is 0. The first kappa shape index (κ1) is 17.6. The van der Waals surface area contributed by atoms with Gasteiger partial charge in [0, 0.05) is 18.9 Å². The lowest BCUT2D eigenvalue weighted by atomic mass is 10.4. The number of nitrogens with one attached hydrogen (secondary N) is 1. The molecule has 1 aromatic rings. The van der Waals surface area contributed by atoms with E-state index in [-0.39, 0.29) is 0 Å². The van der Waals surface area contributed by atoms with E-state index in [1.54, 1.807) is 0 Å². The van der Waals surface area contributed by atoms with E-state index < -0.39 is 0 Å². The van der Waals surface area contributed by atoms with Crippen molar-refractivity contribution in [1.82, 2.24) is 15.1 Å². The molecule has 0 bridgehead atoms. The van der Waals surface area contributed by atoms with Gasteiger partial charge in [-0.3, -0.25) is 4.68 Å². The van der Waals surface area contributed by atoms with Crippen LogP contribution in [0.15, 0.2) is 18.5 Å². The summed E-state index contributed by atoms with van der Waals surface area (Å²) in [4.78, 5) is 0. The first-order valence-electron chi connectivity index (χ1n) is 6.61. The molecule has 1 N–H and O–H groups in total. The van der Waals surface area contributed by atoms with Gasteiger partial charge in [-0.15, -0.1) is 0 Å². The first-order valence-corrected chi connectivity index (χ1v) is 6.61. The van der Waals surface area contributed by atoms with Gasteiger partial charge in [-0.05, 0) is 32.0 Å². The van der Waals surface area contributed by atoms with E-state index in [2.05, 4.69) is 17.3 Å². The van der Waals surface area contributed by atoms with Crippen LogP contribution < -0.4 is 5.32 Å². The molecule has 0 unspecified atom stereocenters. The Balaban J connectivity index is 0. The molecule has 3 heteroatoms. The molecule has 0 aromatic carbocycles. The van der Waals surface area contributed by atoms with E-state index in [4.69, 9.17) is 0 Å². The van der Waals surface area contributed by atoms with Crippen molar-refractivity contribution in [2.45, 2.75) is 54.0 Å². The monoisotopic (exact) mass is 227 g/mol. The van der Waals surface area contributed by atoms with Gasteiger partial charge in [0.05, 0.1) is 0 Å². The Morgan fingerprint density at radius 2 is 1.81 bits per heavy atom. The summed E-state index contributed by atoms with van der Waals surface area (Å²) >= 11 is 0. The molecule has 96 valence electrons. The average Bonchev–Trinajstić information content (AvgIpc) is 2.87. The molecule has 0 saturated carbocycles. The molecule has 1 aromatic heterocycles. The van der Waals surface area contributed by atoms with Gasteiger partial charge >= 0.3 is 0 Å². The summed E-state index contributed by atoms with van der Waals surface area (Å²) in [6, 6.07) is 1.96. The van der Waals surface area contributed by atoms with E-state index in [0.717, 1.165) is 26.1 Å². The topological polar surface area (TPSA) is 29.9 Å². The molecule has 0 aliphatic heterocycles. The van der Waals surface area contributed by atoms with Crippen LogP contribution in [0.5, 0.6) is 0 Å². The van der Waals surface area contributed by atoms with E-state index in [1.165, 1.54) is 6.42 Å². The van der Waals surface area contributed by atoms with Gasteiger partial charge in [0.25, 0.3) is 0 Å². The fraction of sp³-hybridized carbons (Fsp3) is 0.769. The lowest BCUT2D eigenvalue weighted by molar-refractivity contribution is 0.542. The van der Waals surface area contributed by atoms with Gasteiger partial charge < -0.3 is 5.32 Å². The van der Waals surface area contributed by atoms with Crippen molar-refractivity contribution in [3.63, 3.8) is 0 Å². The third kappa shape index (κ3) is 11.2. The van der Waals surface area contributed by atoms with Crippen molar-refractivity contribution in [3.05, 3.63) is 18.5 Å². The van der Waals surface area contributed by atoms with E-state index in [0.29, 0.717) is 0 Å². The summed E-state index contributed by atoms with van der Waals surface area (Å²) in [5, 5.41) is 7.48. The molecular formula is C13H29N3. The number of hydrogen-bond acceptors (Lipinski definition) is 2.